The SMILES string of the molecule is C=C(C)C(=O)OCc1ccc(COC(=O)CCC(=C)C(=O)OCc2ccc(COC(=O)CCC)o2)o1.C=CC(=O)OCc1ccc(COC(=O)C=C)o1.CN(C)C. The number of hydrogen-bond donors (Lipinski definition) is 0. The van der Waals surface area contributed by atoms with Gasteiger partial charge in [0.2, 0.25) is 0 Å². The van der Waals surface area contributed by atoms with Crippen LogP contribution in [0.5, 0.6) is 0 Å². The first kappa shape index (κ1) is 48.6. The molecule has 0 saturated carbocycles. The number of rotatable bonds is 21. The molecule has 0 fully saturated rings. The van der Waals surface area contributed by atoms with Gasteiger partial charge in [-0.3, -0.25) is 9.59 Å². The third kappa shape index (κ3) is 22.5. The van der Waals surface area contributed by atoms with E-state index in [0.717, 1.165) is 12.2 Å². The van der Waals surface area contributed by atoms with Crippen LogP contribution in [0.25, 0.3) is 0 Å². The minimum absolute atomic E-state index is 0.00335. The predicted octanol–water partition coefficient (Wildman–Crippen LogP) is 6.37. The van der Waals surface area contributed by atoms with Crippen molar-refractivity contribution >= 4 is 35.8 Å². The van der Waals surface area contributed by atoms with Crippen LogP contribution >= 0.6 is 0 Å². The highest BCUT2D eigenvalue weighted by atomic mass is 16.6. The van der Waals surface area contributed by atoms with Gasteiger partial charge in [0.15, 0.2) is 0 Å². The molecule has 0 unspecified atom stereocenters. The summed E-state index contributed by atoms with van der Waals surface area (Å²) < 4.78 is 46.0. The van der Waals surface area contributed by atoms with Crippen molar-refractivity contribution in [2.75, 3.05) is 21.1 Å². The van der Waals surface area contributed by atoms with Gasteiger partial charge in [-0.25, -0.2) is 19.2 Å². The molecule has 0 aromatic carbocycles. The Labute approximate surface area is 331 Å². The van der Waals surface area contributed by atoms with E-state index in [0.29, 0.717) is 47.4 Å². The van der Waals surface area contributed by atoms with Crippen molar-refractivity contribution in [3.8, 4) is 0 Å². The molecule has 0 bridgehead atoms. The summed E-state index contributed by atoms with van der Waals surface area (Å²) in [5.74, 6) is -0.609. The van der Waals surface area contributed by atoms with Crippen molar-refractivity contribution in [3.05, 3.63) is 121 Å². The lowest BCUT2D eigenvalue weighted by atomic mass is 10.2. The van der Waals surface area contributed by atoms with Crippen LogP contribution in [-0.2, 0) is 96.8 Å². The van der Waals surface area contributed by atoms with E-state index in [1.807, 2.05) is 33.0 Å². The summed E-state index contributed by atoms with van der Waals surface area (Å²) in [5.41, 5.74) is 0.380. The van der Waals surface area contributed by atoms with E-state index in [2.05, 4.69) is 26.3 Å². The van der Waals surface area contributed by atoms with E-state index in [-0.39, 0.29) is 69.6 Å². The van der Waals surface area contributed by atoms with E-state index in [4.69, 9.17) is 41.7 Å². The van der Waals surface area contributed by atoms with E-state index < -0.39 is 29.8 Å². The molecular weight excluding hydrogens is 746 g/mol. The summed E-state index contributed by atoms with van der Waals surface area (Å²) in [6.07, 6.45) is 3.13. The third-order valence-electron chi connectivity index (χ3n) is 6.36. The largest absolute Gasteiger partial charge is 0.459 e. The number of esters is 6. The fraction of sp³-hybridized carbons (Fsp3) is 0.366. The Morgan fingerprint density at radius 1 is 0.544 bits per heavy atom. The second-order valence-corrected chi connectivity index (χ2v) is 12.2. The maximum atomic E-state index is 12.1. The van der Waals surface area contributed by atoms with Crippen LogP contribution in [0.1, 0.15) is 74.1 Å². The second-order valence-electron chi connectivity index (χ2n) is 12.2. The number of hydrogen-bond acceptors (Lipinski definition) is 16. The minimum atomic E-state index is -0.671. The van der Waals surface area contributed by atoms with Crippen molar-refractivity contribution in [3.63, 3.8) is 0 Å². The molecule has 310 valence electrons. The van der Waals surface area contributed by atoms with Crippen molar-refractivity contribution < 1.29 is 70.4 Å². The summed E-state index contributed by atoms with van der Waals surface area (Å²) in [6.45, 7) is 16.8. The average molecular weight is 798 g/mol. The van der Waals surface area contributed by atoms with Gasteiger partial charge in [-0.05, 0) is 77.3 Å². The second kappa shape index (κ2) is 27.2. The molecule has 0 saturated heterocycles. The van der Waals surface area contributed by atoms with Crippen LogP contribution in [0.2, 0.25) is 0 Å². The molecule has 0 aliphatic rings. The zero-order chi connectivity index (χ0) is 42.8. The summed E-state index contributed by atoms with van der Waals surface area (Å²) in [6, 6.07) is 9.71. The Bertz CT molecular complexity index is 1770. The van der Waals surface area contributed by atoms with Crippen molar-refractivity contribution in [1.82, 2.24) is 4.90 Å². The first-order valence-electron chi connectivity index (χ1n) is 17.5. The molecule has 0 atom stereocenters. The molecule has 57 heavy (non-hydrogen) atoms. The Morgan fingerprint density at radius 3 is 1.19 bits per heavy atom. The van der Waals surface area contributed by atoms with Gasteiger partial charge >= 0.3 is 35.8 Å². The van der Waals surface area contributed by atoms with E-state index >= 15 is 0 Å². The van der Waals surface area contributed by atoms with Crippen LogP contribution in [0.15, 0.2) is 99.3 Å². The number of ether oxygens (including phenoxy) is 6. The molecule has 0 radical (unpaired) electrons. The van der Waals surface area contributed by atoms with Crippen LogP contribution in [0, 0.1) is 0 Å². The van der Waals surface area contributed by atoms with Crippen LogP contribution in [0.3, 0.4) is 0 Å². The molecule has 0 aliphatic heterocycles. The summed E-state index contributed by atoms with van der Waals surface area (Å²) in [7, 11) is 6.00. The van der Waals surface area contributed by atoms with Gasteiger partial charge in [0, 0.05) is 36.1 Å². The highest BCUT2D eigenvalue weighted by Gasteiger charge is 2.15. The number of carbonyl (C=O) groups excluding carboxylic acids is 6. The minimum Gasteiger partial charge on any atom is -0.459 e. The zero-order valence-electron chi connectivity index (χ0n) is 33.1. The first-order valence-corrected chi connectivity index (χ1v) is 17.5. The van der Waals surface area contributed by atoms with Gasteiger partial charge < -0.3 is 46.6 Å². The molecule has 0 amide bonds. The fourth-order valence-electron chi connectivity index (χ4n) is 3.64. The number of nitrogens with zero attached hydrogens (tertiary/aromatic N) is 1. The summed E-state index contributed by atoms with van der Waals surface area (Å²) in [4.78, 5) is 70.5. The Hall–Kier alpha value is -6.42. The molecule has 3 aromatic heterocycles. The molecule has 3 aromatic rings. The maximum Gasteiger partial charge on any atom is 0.333 e. The standard InChI is InChI=1S/C26H30O10.C12H12O5.C3H9N/c1-5-6-23(27)31-13-19-9-11-22(36-19)16-34-26(30)18(4)7-12-24(28)32-14-20-8-10-21(35-20)15-33-25(29)17(2)3;1-3-11(13)15-7-9-5-6-10(17-9)8-16-12(14)4-2;1-4(2)3/h8-11H,2,4-7,12-16H2,1,3H3;3-6H,1-2,7-8H2;1-3H3. The third-order valence-corrected chi connectivity index (χ3v) is 6.36. The molecule has 0 N–H and O–H groups in total. The van der Waals surface area contributed by atoms with Gasteiger partial charge in [0.25, 0.3) is 0 Å². The van der Waals surface area contributed by atoms with Gasteiger partial charge in [0.1, 0.15) is 74.2 Å². The monoisotopic (exact) mass is 797 g/mol. The van der Waals surface area contributed by atoms with Crippen LogP contribution in [-0.4, -0.2) is 61.9 Å². The molecule has 3 heterocycles. The lowest BCUT2D eigenvalue weighted by Crippen LogP contribution is -2.10. The van der Waals surface area contributed by atoms with E-state index in [1.54, 1.807) is 36.4 Å². The van der Waals surface area contributed by atoms with E-state index in [1.165, 1.54) is 6.92 Å². The van der Waals surface area contributed by atoms with Gasteiger partial charge in [0.05, 0.1) is 0 Å². The van der Waals surface area contributed by atoms with Crippen molar-refractivity contribution in [2.45, 2.75) is 79.2 Å². The van der Waals surface area contributed by atoms with Gasteiger partial charge in [-0.15, -0.1) is 0 Å². The van der Waals surface area contributed by atoms with Crippen LogP contribution in [0.4, 0.5) is 0 Å². The first-order chi connectivity index (χ1) is 27.1. The number of furan rings is 3. The lowest BCUT2D eigenvalue weighted by molar-refractivity contribution is -0.146. The maximum absolute atomic E-state index is 12.1. The average Bonchev–Trinajstić information content (AvgIpc) is 3.96. The van der Waals surface area contributed by atoms with Crippen LogP contribution < -0.4 is 0 Å². The smallest absolute Gasteiger partial charge is 0.333 e. The van der Waals surface area contributed by atoms with Gasteiger partial charge in [-0.2, -0.15) is 0 Å². The quantitative estimate of drug-likeness (QED) is 0.0653. The zero-order valence-corrected chi connectivity index (χ0v) is 33.1. The molecule has 16 heteroatoms. The lowest BCUT2D eigenvalue weighted by Gasteiger charge is -2.06. The number of carbonyl (C=O) groups is 6. The molecule has 0 spiro atoms. The molecule has 3 rings (SSSR count). The van der Waals surface area contributed by atoms with Crippen molar-refractivity contribution in [1.29, 1.82) is 0 Å². The highest BCUT2D eigenvalue weighted by molar-refractivity contribution is 5.88. The Balaban J connectivity index is 0.000000639. The summed E-state index contributed by atoms with van der Waals surface area (Å²) in [5, 5.41) is 0. The fourth-order valence-corrected chi connectivity index (χ4v) is 3.64. The Kier molecular flexibility index (Phi) is 23.2. The Morgan fingerprint density at radius 2 is 0.860 bits per heavy atom. The van der Waals surface area contributed by atoms with E-state index in [9.17, 15) is 28.8 Å². The van der Waals surface area contributed by atoms with Gasteiger partial charge in [-0.1, -0.05) is 33.2 Å². The highest BCUT2D eigenvalue weighted by Crippen LogP contribution is 2.15. The molecular formula is C41H51NO15. The molecule has 16 nitrogen and oxygen atoms in total. The topological polar surface area (TPSA) is 200 Å². The summed E-state index contributed by atoms with van der Waals surface area (Å²) >= 11 is 0. The normalized spacial score (nSPS) is 10.0. The molecule has 0 aliphatic carbocycles. The predicted molar refractivity (Wildman–Crippen MR) is 203 cm³/mol. The van der Waals surface area contributed by atoms with Crippen molar-refractivity contribution in [2.24, 2.45) is 0 Å².